The molecule has 0 radical (unpaired) electrons. The van der Waals surface area contributed by atoms with Gasteiger partial charge in [-0.05, 0) is 48.2 Å². The fourth-order valence-corrected chi connectivity index (χ4v) is 3.92. The van der Waals surface area contributed by atoms with E-state index in [0.717, 1.165) is 11.1 Å². The number of nitrogens with zero attached hydrogens (tertiary/aromatic N) is 1. The highest BCUT2D eigenvalue weighted by atomic mass is 16.7. The maximum atomic E-state index is 11.1. The Balaban J connectivity index is 1.34. The van der Waals surface area contributed by atoms with Crippen molar-refractivity contribution in [3.63, 3.8) is 0 Å². The summed E-state index contributed by atoms with van der Waals surface area (Å²) in [7, 11) is 0. The van der Waals surface area contributed by atoms with Gasteiger partial charge in [0.25, 0.3) is 0 Å². The van der Waals surface area contributed by atoms with Crippen LogP contribution in [-0.2, 0) is 10.4 Å². The summed E-state index contributed by atoms with van der Waals surface area (Å²) in [5.41, 5.74) is 1.45. The highest BCUT2D eigenvalue weighted by molar-refractivity contribution is 5.88. The number of fused-ring (bicyclic) bond motifs is 1. The van der Waals surface area contributed by atoms with Gasteiger partial charge in [-0.3, -0.25) is 4.79 Å². The molecule has 0 unspecified atom stereocenters. The van der Waals surface area contributed by atoms with Crippen LogP contribution < -0.4 is 14.8 Å². The molecule has 4 rings (SSSR count). The number of nitrogens with one attached hydrogen (secondary N) is 1. The van der Waals surface area contributed by atoms with Gasteiger partial charge in [0, 0.05) is 32.2 Å². The number of ether oxygens (including phenoxy) is 2. The molecule has 2 aromatic rings. The van der Waals surface area contributed by atoms with Gasteiger partial charge in [0.2, 0.25) is 12.7 Å². The molecule has 0 saturated carbocycles. The minimum Gasteiger partial charge on any atom is -0.454 e. The van der Waals surface area contributed by atoms with Crippen molar-refractivity contribution in [3.05, 3.63) is 53.6 Å². The van der Waals surface area contributed by atoms with Crippen LogP contribution in [0.1, 0.15) is 37.0 Å². The smallest absolute Gasteiger partial charge is 0.231 e. The molecular weight excluding hydrogens is 372 g/mol. The van der Waals surface area contributed by atoms with Crippen molar-refractivity contribution in [3.8, 4) is 11.5 Å². The molecule has 1 atom stereocenters. The van der Waals surface area contributed by atoms with E-state index in [1.54, 1.807) is 12.1 Å². The van der Waals surface area contributed by atoms with E-state index in [1.165, 1.54) is 6.92 Å². The third-order valence-corrected chi connectivity index (χ3v) is 5.64. The Morgan fingerprint density at radius 1 is 1.14 bits per heavy atom. The minimum absolute atomic E-state index is 0.124. The number of likely N-dealkylation sites (tertiary alicyclic amines) is 1. The molecule has 0 bridgehead atoms. The number of β-amino-alcohol motifs (C(OH)–C–C–N with tert-alkyl or cyclic N) is 1. The zero-order valence-corrected chi connectivity index (χ0v) is 16.4. The van der Waals surface area contributed by atoms with Gasteiger partial charge in [-0.25, -0.2) is 0 Å². The number of carbonyl (C=O) groups is 1. The van der Waals surface area contributed by atoms with Crippen molar-refractivity contribution >= 4 is 11.6 Å². The third-order valence-electron chi connectivity index (χ3n) is 5.64. The van der Waals surface area contributed by atoms with Crippen LogP contribution in [0.25, 0.3) is 0 Å². The molecule has 1 amide bonds. The Kier molecular flexibility index (Phi) is 5.45. The van der Waals surface area contributed by atoms with Gasteiger partial charge in [-0.2, -0.15) is 0 Å². The van der Waals surface area contributed by atoms with Gasteiger partial charge in [0.15, 0.2) is 11.5 Å². The van der Waals surface area contributed by atoms with E-state index in [9.17, 15) is 15.0 Å². The van der Waals surface area contributed by atoms with E-state index in [-0.39, 0.29) is 12.7 Å². The van der Waals surface area contributed by atoms with Crippen molar-refractivity contribution in [1.29, 1.82) is 0 Å². The topological polar surface area (TPSA) is 91.3 Å². The van der Waals surface area contributed by atoms with Crippen molar-refractivity contribution in [1.82, 2.24) is 4.90 Å². The summed E-state index contributed by atoms with van der Waals surface area (Å²) < 4.78 is 10.8. The minimum atomic E-state index is -0.900. The molecule has 0 aliphatic carbocycles. The fourth-order valence-electron chi connectivity index (χ4n) is 3.92. The molecule has 3 N–H and O–H groups in total. The molecule has 2 heterocycles. The Labute approximate surface area is 169 Å². The molecule has 1 saturated heterocycles. The monoisotopic (exact) mass is 398 g/mol. The Bertz CT molecular complexity index is 875. The zero-order chi connectivity index (χ0) is 20.4. The summed E-state index contributed by atoms with van der Waals surface area (Å²) >= 11 is 0. The second kappa shape index (κ2) is 8.02. The van der Waals surface area contributed by atoms with Gasteiger partial charge in [0.1, 0.15) is 0 Å². The van der Waals surface area contributed by atoms with Gasteiger partial charge >= 0.3 is 0 Å². The number of carbonyl (C=O) groups excluding carboxylic acids is 1. The van der Waals surface area contributed by atoms with Crippen molar-refractivity contribution in [2.24, 2.45) is 0 Å². The summed E-state index contributed by atoms with van der Waals surface area (Å²) in [6.07, 6.45) is 0.542. The van der Waals surface area contributed by atoms with Gasteiger partial charge in [-0.1, -0.05) is 18.2 Å². The molecule has 7 nitrogen and oxygen atoms in total. The van der Waals surface area contributed by atoms with Crippen molar-refractivity contribution in [2.75, 3.05) is 31.7 Å². The SMILES string of the molecule is CC(=O)Nc1ccc([C@H](O)CN2CCC(O)(c3ccc4c(c3)OCO4)CC2)cc1. The lowest BCUT2D eigenvalue weighted by molar-refractivity contribution is -0.114. The van der Waals surface area contributed by atoms with E-state index in [0.29, 0.717) is 49.7 Å². The second-order valence-corrected chi connectivity index (χ2v) is 7.72. The lowest BCUT2D eigenvalue weighted by atomic mass is 9.84. The van der Waals surface area contributed by atoms with Crippen LogP contribution in [0.5, 0.6) is 11.5 Å². The number of aliphatic hydroxyl groups excluding tert-OH is 1. The number of amides is 1. The van der Waals surface area contributed by atoms with E-state index in [4.69, 9.17) is 9.47 Å². The van der Waals surface area contributed by atoms with Gasteiger partial charge < -0.3 is 29.9 Å². The van der Waals surface area contributed by atoms with Crippen LogP contribution >= 0.6 is 0 Å². The molecule has 7 heteroatoms. The molecule has 0 spiro atoms. The fraction of sp³-hybridized carbons (Fsp3) is 0.409. The molecule has 154 valence electrons. The lowest BCUT2D eigenvalue weighted by Crippen LogP contribution is -2.43. The van der Waals surface area contributed by atoms with E-state index in [2.05, 4.69) is 10.2 Å². The number of hydrogen-bond donors (Lipinski definition) is 3. The van der Waals surface area contributed by atoms with Gasteiger partial charge in [-0.15, -0.1) is 0 Å². The first kappa shape index (κ1) is 19.7. The summed E-state index contributed by atoms with van der Waals surface area (Å²) in [6.45, 7) is 3.55. The van der Waals surface area contributed by atoms with Crippen LogP contribution in [-0.4, -0.2) is 47.4 Å². The standard InChI is InChI=1S/C22H26N2O5/c1-15(25)23-18-5-2-16(3-6-18)19(26)13-24-10-8-22(27,9-11-24)17-4-7-20-21(12-17)29-14-28-20/h2-7,12,19,26-27H,8-11,13-14H2,1H3,(H,23,25)/t19-/m1/s1. The third kappa shape index (κ3) is 4.37. The zero-order valence-electron chi connectivity index (χ0n) is 16.4. The molecule has 2 aliphatic rings. The van der Waals surface area contributed by atoms with E-state index >= 15 is 0 Å². The Morgan fingerprint density at radius 3 is 2.52 bits per heavy atom. The van der Waals surface area contributed by atoms with Gasteiger partial charge in [0.05, 0.1) is 11.7 Å². The maximum absolute atomic E-state index is 11.1. The molecule has 2 aromatic carbocycles. The number of benzene rings is 2. The second-order valence-electron chi connectivity index (χ2n) is 7.72. The summed E-state index contributed by atoms with van der Waals surface area (Å²) in [5, 5.41) is 24.4. The summed E-state index contributed by atoms with van der Waals surface area (Å²) in [5.74, 6) is 1.26. The maximum Gasteiger partial charge on any atom is 0.231 e. The molecule has 29 heavy (non-hydrogen) atoms. The summed E-state index contributed by atoms with van der Waals surface area (Å²) in [6, 6.07) is 12.8. The Hall–Kier alpha value is -2.61. The number of anilines is 1. The highest BCUT2D eigenvalue weighted by Crippen LogP contribution is 2.39. The highest BCUT2D eigenvalue weighted by Gasteiger charge is 2.35. The van der Waals surface area contributed by atoms with Crippen molar-refractivity contribution in [2.45, 2.75) is 31.5 Å². The molecular formula is C22H26N2O5. The Morgan fingerprint density at radius 2 is 1.83 bits per heavy atom. The van der Waals surface area contributed by atoms with E-state index < -0.39 is 11.7 Å². The quantitative estimate of drug-likeness (QED) is 0.716. The predicted octanol–water partition coefficient (Wildman–Crippen LogP) is 2.39. The molecule has 1 fully saturated rings. The average molecular weight is 398 g/mol. The summed E-state index contributed by atoms with van der Waals surface area (Å²) in [4.78, 5) is 13.3. The predicted molar refractivity (Wildman–Crippen MR) is 108 cm³/mol. The lowest BCUT2D eigenvalue weighted by Gasteiger charge is -2.39. The normalized spacial score (nSPS) is 19.0. The molecule has 2 aliphatic heterocycles. The van der Waals surface area contributed by atoms with Crippen molar-refractivity contribution < 1.29 is 24.5 Å². The van der Waals surface area contributed by atoms with Crippen LogP contribution in [0, 0.1) is 0 Å². The average Bonchev–Trinajstić information content (AvgIpc) is 3.18. The van der Waals surface area contributed by atoms with E-state index in [1.807, 2.05) is 30.3 Å². The number of hydrogen-bond acceptors (Lipinski definition) is 6. The largest absolute Gasteiger partial charge is 0.454 e. The van der Waals surface area contributed by atoms with Crippen LogP contribution in [0.4, 0.5) is 5.69 Å². The first-order chi connectivity index (χ1) is 13.9. The molecule has 0 aromatic heterocycles. The number of rotatable bonds is 5. The number of piperidine rings is 1. The number of aliphatic hydroxyl groups is 2. The first-order valence-electron chi connectivity index (χ1n) is 9.83. The van der Waals surface area contributed by atoms with Crippen LogP contribution in [0.3, 0.4) is 0 Å². The first-order valence-corrected chi connectivity index (χ1v) is 9.83. The van der Waals surface area contributed by atoms with Crippen LogP contribution in [0.15, 0.2) is 42.5 Å². The van der Waals surface area contributed by atoms with Crippen LogP contribution in [0.2, 0.25) is 0 Å².